The van der Waals surface area contributed by atoms with Crippen molar-refractivity contribution in [2.24, 2.45) is 10.8 Å². The smallest absolute Gasteiger partial charge is 0.00456 e. The van der Waals surface area contributed by atoms with Crippen LogP contribution in [-0.4, -0.2) is 30.3 Å². The highest BCUT2D eigenvalue weighted by molar-refractivity contribution is 7.80. The summed E-state index contributed by atoms with van der Waals surface area (Å²) >= 11 is 4.59. The van der Waals surface area contributed by atoms with Crippen molar-refractivity contribution in [3.05, 3.63) is 0 Å². The second-order valence-electron chi connectivity index (χ2n) is 6.31. The second-order valence-corrected chi connectivity index (χ2v) is 6.62. The van der Waals surface area contributed by atoms with Gasteiger partial charge in [0.15, 0.2) is 0 Å². The van der Waals surface area contributed by atoms with Crippen LogP contribution in [0.3, 0.4) is 0 Å². The van der Waals surface area contributed by atoms with Crippen LogP contribution in [-0.2, 0) is 0 Å². The van der Waals surface area contributed by atoms with Crippen LogP contribution in [0.4, 0.5) is 0 Å². The summed E-state index contributed by atoms with van der Waals surface area (Å²) in [6, 6.07) is 0. The zero-order valence-corrected chi connectivity index (χ0v) is 13.2. The molecule has 0 amide bonds. The van der Waals surface area contributed by atoms with E-state index in [4.69, 9.17) is 0 Å². The first kappa shape index (κ1) is 15.4. The molecule has 0 aromatic heterocycles. The van der Waals surface area contributed by atoms with E-state index in [0.29, 0.717) is 10.8 Å². The van der Waals surface area contributed by atoms with Crippen molar-refractivity contribution in [3.63, 3.8) is 0 Å². The average Bonchev–Trinajstić information content (AvgIpc) is 2.39. The van der Waals surface area contributed by atoms with E-state index in [1.165, 1.54) is 51.7 Å². The summed E-state index contributed by atoms with van der Waals surface area (Å²) < 4.78 is 0. The number of rotatable bonds is 6. The van der Waals surface area contributed by atoms with Gasteiger partial charge < -0.3 is 4.90 Å². The van der Waals surface area contributed by atoms with Gasteiger partial charge in [0.2, 0.25) is 0 Å². The highest BCUT2D eigenvalue weighted by Gasteiger charge is 2.32. The lowest BCUT2D eigenvalue weighted by Crippen LogP contribution is -2.44. The number of piperidine rings is 1. The van der Waals surface area contributed by atoms with Crippen molar-refractivity contribution in [2.45, 2.75) is 59.8 Å². The predicted molar refractivity (Wildman–Crippen MR) is 80.9 cm³/mol. The quantitative estimate of drug-likeness (QED) is 0.697. The molecule has 1 heterocycles. The fourth-order valence-electron chi connectivity index (χ4n) is 2.83. The minimum atomic E-state index is 0.447. The van der Waals surface area contributed by atoms with E-state index in [1.54, 1.807) is 0 Å². The van der Waals surface area contributed by atoms with E-state index in [0.717, 1.165) is 5.75 Å². The lowest BCUT2D eigenvalue weighted by Gasteiger charge is -2.43. The Morgan fingerprint density at radius 1 is 1.12 bits per heavy atom. The molecule has 1 aliphatic rings. The van der Waals surface area contributed by atoms with Crippen molar-refractivity contribution < 1.29 is 0 Å². The number of nitrogens with zero attached hydrogens (tertiary/aromatic N) is 1. The minimum absolute atomic E-state index is 0.447. The van der Waals surface area contributed by atoms with Gasteiger partial charge in [0, 0.05) is 6.54 Å². The molecule has 1 aliphatic heterocycles. The standard InChI is InChI=1S/C15H31NS/c1-5-14(4)8-10-16(11-9-14)12-15(6-2,7-3)13-17/h17H,5-13H2,1-4H3. The summed E-state index contributed by atoms with van der Waals surface area (Å²) in [5, 5.41) is 0. The monoisotopic (exact) mass is 257 g/mol. The van der Waals surface area contributed by atoms with Crippen molar-refractivity contribution in [1.82, 2.24) is 4.90 Å². The second kappa shape index (κ2) is 6.47. The number of thiol groups is 1. The van der Waals surface area contributed by atoms with Gasteiger partial charge >= 0.3 is 0 Å². The van der Waals surface area contributed by atoms with Gasteiger partial charge in [-0.25, -0.2) is 0 Å². The van der Waals surface area contributed by atoms with Crippen molar-refractivity contribution in [2.75, 3.05) is 25.4 Å². The normalized spacial score (nSPS) is 21.7. The van der Waals surface area contributed by atoms with Crippen LogP contribution in [0.2, 0.25) is 0 Å². The largest absolute Gasteiger partial charge is 0.303 e. The molecule has 0 radical (unpaired) electrons. The van der Waals surface area contributed by atoms with E-state index < -0.39 is 0 Å². The van der Waals surface area contributed by atoms with Gasteiger partial charge in [-0.3, -0.25) is 0 Å². The summed E-state index contributed by atoms with van der Waals surface area (Å²) in [5.41, 5.74) is 1.06. The van der Waals surface area contributed by atoms with Crippen LogP contribution in [0.1, 0.15) is 59.8 Å². The first-order valence-electron chi connectivity index (χ1n) is 7.36. The molecule has 0 aliphatic carbocycles. The molecule has 2 heteroatoms. The van der Waals surface area contributed by atoms with Crippen molar-refractivity contribution in [1.29, 1.82) is 0 Å². The predicted octanol–water partition coefficient (Wildman–Crippen LogP) is 4.23. The summed E-state index contributed by atoms with van der Waals surface area (Å²) in [4.78, 5) is 2.68. The summed E-state index contributed by atoms with van der Waals surface area (Å²) in [6.07, 6.45) is 6.60. The van der Waals surface area contributed by atoms with Crippen LogP contribution >= 0.6 is 12.6 Å². The Labute approximate surface area is 114 Å². The van der Waals surface area contributed by atoms with E-state index in [2.05, 4.69) is 45.2 Å². The molecule has 1 fully saturated rings. The molecule has 1 nitrogen and oxygen atoms in total. The van der Waals surface area contributed by atoms with E-state index in [-0.39, 0.29) is 0 Å². The van der Waals surface area contributed by atoms with Gasteiger partial charge in [-0.15, -0.1) is 0 Å². The Morgan fingerprint density at radius 2 is 1.65 bits per heavy atom. The molecule has 0 aromatic rings. The first-order valence-corrected chi connectivity index (χ1v) is 7.99. The van der Waals surface area contributed by atoms with Gasteiger partial charge in [-0.2, -0.15) is 12.6 Å². The molecule has 0 spiro atoms. The van der Waals surface area contributed by atoms with Crippen LogP contribution in [0.15, 0.2) is 0 Å². The fraction of sp³-hybridized carbons (Fsp3) is 1.00. The Morgan fingerprint density at radius 3 is 2.00 bits per heavy atom. The minimum Gasteiger partial charge on any atom is -0.303 e. The number of likely N-dealkylation sites (tertiary alicyclic amines) is 1. The summed E-state index contributed by atoms with van der Waals surface area (Å²) in [6.45, 7) is 13.3. The Balaban J connectivity index is 2.49. The Hall–Kier alpha value is 0.310. The maximum absolute atomic E-state index is 4.59. The van der Waals surface area contributed by atoms with Crippen LogP contribution in [0.25, 0.3) is 0 Å². The molecule has 17 heavy (non-hydrogen) atoms. The topological polar surface area (TPSA) is 3.24 Å². The zero-order valence-electron chi connectivity index (χ0n) is 12.3. The highest BCUT2D eigenvalue weighted by atomic mass is 32.1. The third kappa shape index (κ3) is 3.89. The maximum atomic E-state index is 4.59. The molecule has 1 saturated heterocycles. The molecular weight excluding hydrogens is 226 g/mol. The third-order valence-corrected chi connectivity index (χ3v) is 5.98. The van der Waals surface area contributed by atoms with Gasteiger partial charge in [0.1, 0.15) is 0 Å². The van der Waals surface area contributed by atoms with Crippen molar-refractivity contribution >= 4 is 12.6 Å². The third-order valence-electron chi connectivity index (χ3n) is 5.31. The van der Waals surface area contributed by atoms with E-state index >= 15 is 0 Å². The summed E-state index contributed by atoms with van der Waals surface area (Å²) in [5.74, 6) is 1.03. The Bertz CT molecular complexity index is 207. The van der Waals surface area contributed by atoms with Gasteiger partial charge in [0.25, 0.3) is 0 Å². The lowest BCUT2D eigenvalue weighted by molar-refractivity contribution is 0.0759. The average molecular weight is 257 g/mol. The fourth-order valence-corrected chi connectivity index (χ4v) is 3.37. The number of hydrogen-bond acceptors (Lipinski definition) is 2. The lowest BCUT2D eigenvalue weighted by atomic mass is 9.77. The highest BCUT2D eigenvalue weighted by Crippen LogP contribution is 2.36. The van der Waals surface area contributed by atoms with Crippen LogP contribution in [0.5, 0.6) is 0 Å². The first-order chi connectivity index (χ1) is 8.03. The zero-order chi connectivity index (χ0) is 12.9. The molecule has 0 unspecified atom stereocenters. The van der Waals surface area contributed by atoms with Crippen molar-refractivity contribution in [3.8, 4) is 0 Å². The summed E-state index contributed by atoms with van der Waals surface area (Å²) in [7, 11) is 0. The van der Waals surface area contributed by atoms with Gasteiger partial charge in [-0.05, 0) is 55.4 Å². The van der Waals surface area contributed by atoms with Crippen LogP contribution < -0.4 is 0 Å². The van der Waals surface area contributed by atoms with Gasteiger partial charge in [0.05, 0.1) is 0 Å². The van der Waals surface area contributed by atoms with Gasteiger partial charge in [-0.1, -0.05) is 34.1 Å². The molecule has 102 valence electrons. The number of hydrogen-bond donors (Lipinski definition) is 1. The molecular formula is C15H31NS. The molecule has 1 rings (SSSR count). The molecule has 0 bridgehead atoms. The Kier molecular flexibility index (Phi) is 5.85. The SMILES string of the molecule is CCC1(C)CCN(CC(CC)(CC)CS)CC1. The molecule has 0 N–H and O–H groups in total. The molecule has 0 aromatic carbocycles. The van der Waals surface area contributed by atoms with Crippen LogP contribution in [0, 0.1) is 10.8 Å². The maximum Gasteiger partial charge on any atom is 0.00456 e. The molecule has 0 atom stereocenters. The van der Waals surface area contributed by atoms with E-state index in [1.807, 2.05) is 0 Å². The molecule has 0 saturated carbocycles. The van der Waals surface area contributed by atoms with E-state index in [9.17, 15) is 0 Å².